The fourth-order valence-electron chi connectivity index (χ4n) is 12.1. The maximum Gasteiger partial charge on any atom is 0.316 e. The summed E-state index contributed by atoms with van der Waals surface area (Å²) in [7, 11) is 3.21. The molecule has 0 aromatic carbocycles. The molecule has 6 fully saturated rings. The smallest absolute Gasteiger partial charge is 0.316 e. The van der Waals surface area contributed by atoms with Crippen molar-refractivity contribution in [2.75, 3.05) is 20.8 Å². The van der Waals surface area contributed by atoms with Gasteiger partial charge in [-0.25, -0.2) is 0 Å². The van der Waals surface area contributed by atoms with Gasteiger partial charge in [-0.2, -0.15) is 0 Å². The van der Waals surface area contributed by atoms with Crippen LogP contribution in [-0.2, 0) is 52.2 Å². The van der Waals surface area contributed by atoms with Gasteiger partial charge >= 0.3 is 5.97 Å². The Morgan fingerprint density at radius 3 is 2.26 bits per heavy atom. The minimum absolute atomic E-state index is 0.0165. The maximum absolute atomic E-state index is 14.5. The van der Waals surface area contributed by atoms with Gasteiger partial charge in [0.25, 0.3) is 0 Å². The first-order valence-electron chi connectivity index (χ1n) is 24.4. The van der Waals surface area contributed by atoms with Crippen LogP contribution in [0.2, 0.25) is 0 Å². The zero-order chi connectivity index (χ0) is 46.4. The minimum atomic E-state index is -1.86. The molecule has 8 aliphatic rings. The van der Waals surface area contributed by atoms with Crippen LogP contribution >= 0.6 is 0 Å². The second-order valence-corrected chi connectivity index (χ2v) is 20.5. The molecule has 2 aliphatic carbocycles. The summed E-state index contributed by atoms with van der Waals surface area (Å²) in [4.78, 5) is 14.5. The van der Waals surface area contributed by atoms with Crippen molar-refractivity contribution < 1.29 is 72.6 Å². The highest BCUT2D eigenvalue weighted by Gasteiger charge is 2.60. The number of aliphatic hydroxyl groups is 4. The normalized spacial score (nSPS) is 50.0. The van der Waals surface area contributed by atoms with Gasteiger partial charge in [0.2, 0.25) is 0 Å². The lowest BCUT2D eigenvalue weighted by Crippen LogP contribution is -2.60. The molecule has 1 saturated carbocycles. The summed E-state index contributed by atoms with van der Waals surface area (Å²) in [6, 6.07) is 0. The van der Waals surface area contributed by atoms with Gasteiger partial charge in [0.05, 0.1) is 55.4 Å². The van der Waals surface area contributed by atoms with Gasteiger partial charge in [0.15, 0.2) is 18.4 Å². The van der Waals surface area contributed by atoms with Crippen molar-refractivity contribution >= 4 is 5.97 Å². The Labute approximate surface area is 384 Å². The van der Waals surface area contributed by atoms with E-state index in [-0.39, 0.29) is 37.4 Å². The van der Waals surface area contributed by atoms with Gasteiger partial charge in [-0.3, -0.25) is 4.79 Å². The Balaban J connectivity index is 1.09. The van der Waals surface area contributed by atoms with Crippen LogP contribution in [0.5, 0.6) is 0 Å². The molecular weight excluding hydrogens is 841 g/mol. The van der Waals surface area contributed by atoms with Crippen LogP contribution < -0.4 is 0 Å². The summed E-state index contributed by atoms with van der Waals surface area (Å²) in [6.45, 7) is 11.6. The number of rotatable bonds is 7. The highest BCUT2D eigenvalue weighted by Crippen LogP contribution is 2.49. The third kappa shape index (κ3) is 10.2. The highest BCUT2D eigenvalue weighted by molar-refractivity contribution is 5.78. The third-order valence-electron chi connectivity index (χ3n) is 15.9. The van der Waals surface area contributed by atoms with Gasteiger partial charge < -0.3 is 67.8 Å². The average Bonchev–Trinajstić information content (AvgIpc) is 3.62. The van der Waals surface area contributed by atoms with Gasteiger partial charge in [-0.15, -0.1) is 0 Å². The molecule has 20 atom stereocenters. The molecule has 6 aliphatic heterocycles. The van der Waals surface area contributed by atoms with Crippen molar-refractivity contribution in [3.63, 3.8) is 0 Å². The summed E-state index contributed by atoms with van der Waals surface area (Å²) in [5.41, 5.74) is 0.0560. The van der Waals surface area contributed by atoms with Crippen LogP contribution in [-0.4, -0.2) is 151 Å². The van der Waals surface area contributed by atoms with Gasteiger partial charge in [0.1, 0.15) is 42.0 Å². The number of esters is 1. The summed E-state index contributed by atoms with van der Waals surface area (Å²) >= 11 is 0. The molecule has 15 heteroatoms. The molecule has 1 unspecified atom stereocenters. The molecule has 2 bridgehead atoms. The molecule has 6 heterocycles. The fraction of sp³-hybridized carbons (Fsp3) is 0.820. The third-order valence-corrected chi connectivity index (χ3v) is 15.9. The molecule has 4 N–H and O–H groups in total. The van der Waals surface area contributed by atoms with Crippen molar-refractivity contribution in [1.82, 2.24) is 0 Å². The molecule has 0 amide bonds. The highest BCUT2D eigenvalue weighted by atomic mass is 16.7. The van der Waals surface area contributed by atoms with E-state index in [2.05, 4.69) is 19.9 Å². The van der Waals surface area contributed by atoms with Crippen LogP contribution in [0.25, 0.3) is 0 Å². The Hall–Kier alpha value is -2.09. The molecule has 15 nitrogen and oxygen atoms in total. The van der Waals surface area contributed by atoms with E-state index in [1.165, 1.54) is 6.42 Å². The summed E-state index contributed by atoms with van der Waals surface area (Å²) in [6.07, 6.45) is 7.96. The lowest BCUT2D eigenvalue weighted by molar-refractivity contribution is -0.355. The number of ether oxygens (including phenoxy) is 10. The van der Waals surface area contributed by atoms with Crippen molar-refractivity contribution in [2.45, 2.75) is 215 Å². The van der Waals surface area contributed by atoms with Gasteiger partial charge in [-0.05, 0) is 69.6 Å². The van der Waals surface area contributed by atoms with E-state index in [1.807, 2.05) is 26.0 Å². The van der Waals surface area contributed by atoms with E-state index in [0.717, 1.165) is 31.3 Å². The molecule has 8 rings (SSSR count). The van der Waals surface area contributed by atoms with Crippen LogP contribution in [0.3, 0.4) is 0 Å². The molecule has 0 radical (unpaired) electrons. The van der Waals surface area contributed by atoms with E-state index < -0.39 is 109 Å². The number of carbonyl (C=O) groups excluding carboxylic acids is 1. The number of carbonyl (C=O) groups is 1. The largest absolute Gasteiger partial charge is 0.462 e. The average molecular weight is 917 g/mol. The van der Waals surface area contributed by atoms with Crippen molar-refractivity contribution in [2.24, 2.45) is 23.7 Å². The van der Waals surface area contributed by atoms with E-state index in [9.17, 15) is 25.2 Å². The topological polar surface area (TPSA) is 190 Å². The monoisotopic (exact) mass is 917 g/mol. The molecule has 0 aromatic rings. The van der Waals surface area contributed by atoms with Crippen LogP contribution in [0.1, 0.15) is 112 Å². The number of fused-ring (bicyclic) bond motifs is 2. The Morgan fingerprint density at radius 1 is 0.815 bits per heavy atom. The quantitative estimate of drug-likeness (QED) is 0.195. The summed E-state index contributed by atoms with van der Waals surface area (Å²) < 4.78 is 64.1. The van der Waals surface area contributed by atoms with Crippen molar-refractivity contribution in [3.05, 3.63) is 47.1 Å². The molecule has 0 aromatic heterocycles. The zero-order valence-electron chi connectivity index (χ0n) is 39.6. The van der Waals surface area contributed by atoms with Crippen LogP contribution in [0, 0.1) is 23.7 Å². The first-order chi connectivity index (χ1) is 31.0. The predicted octanol–water partition coefficient (Wildman–Crippen LogP) is 5.11. The Morgan fingerprint density at radius 2 is 1.52 bits per heavy atom. The molecular formula is C50H76O15. The lowest BCUT2D eigenvalue weighted by Gasteiger charge is -2.53. The summed E-state index contributed by atoms with van der Waals surface area (Å²) in [5, 5.41) is 46.0. The maximum atomic E-state index is 14.5. The lowest BCUT2D eigenvalue weighted by atomic mass is 9.71. The van der Waals surface area contributed by atoms with E-state index in [1.54, 1.807) is 40.2 Å². The Kier molecular flexibility index (Phi) is 15.5. The minimum Gasteiger partial charge on any atom is -0.462 e. The number of allylic oxidation sites excluding steroid dienone is 2. The van der Waals surface area contributed by atoms with Gasteiger partial charge in [0, 0.05) is 58.2 Å². The van der Waals surface area contributed by atoms with Crippen molar-refractivity contribution in [3.8, 4) is 0 Å². The SMILES string of the molecule is CO[C@@H]1C[C@H](O[C@H]2[C@H](C)O[C@@H](O[C@@H]3/C(C)=C/C[C@@H]4C[C@@H](C[C@@]5(CC(O)[C@H](C)[C@H](C6CCCCC6)O5)O4)OC(=O)[C@@H]4C=C(C)[C@@H](O)[C@H]5OC/C(=C\C=C\[C@@H]3C)[C@]54O)C[C@H]2OC)O[C@@H](C)[C@@H]1O. The number of hydrogen-bond acceptors (Lipinski definition) is 15. The van der Waals surface area contributed by atoms with E-state index >= 15 is 0 Å². The fourth-order valence-corrected chi connectivity index (χ4v) is 12.1. The zero-order valence-corrected chi connectivity index (χ0v) is 39.6. The van der Waals surface area contributed by atoms with Crippen LogP contribution in [0.4, 0.5) is 0 Å². The molecule has 366 valence electrons. The van der Waals surface area contributed by atoms with E-state index in [0.29, 0.717) is 42.7 Å². The molecule has 1 spiro atoms. The summed E-state index contributed by atoms with van der Waals surface area (Å²) in [5.74, 6) is -2.95. The van der Waals surface area contributed by atoms with E-state index in [4.69, 9.17) is 47.4 Å². The van der Waals surface area contributed by atoms with Gasteiger partial charge in [-0.1, -0.05) is 63.5 Å². The predicted molar refractivity (Wildman–Crippen MR) is 236 cm³/mol. The second kappa shape index (κ2) is 20.5. The first-order valence-corrected chi connectivity index (χ1v) is 24.4. The number of aliphatic hydroxyl groups excluding tert-OH is 3. The van der Waals surface area contributed by atoms with Crippen molar-refractivity contribution in [1.29, 1.82) is 0 Å². The standard InChI is InChI=1S/C50H76O15/c1-26-13-12-16-33-25-58-47-42(52)28(3)19-36(50(33,47)55)48(54)61-35-20-34(64-49(23-35)24-37(51)29(4)45(65-49)32-14-10-9-11-15-32)18-17-27(2)44(26)62-41-22-39(57-8)46(31(6)60-41)63-40-21-38(56-7)43(53)30(5)59-40/h12-13,16-17,19,26,29-32,34-47,51-53,55H,9-11,14-15,18,20-25H2,1-8H3/b13-12+,27-17+,33-16+/t26-,29-,30-,31-,34+,35-,36-,37?,38+,39+,40-,41-,42+,43-,44-,45+,46-,47+,49+,50+/m0/s1. The molecule has 65 heavy (non-hydrogen) atoms. The van der Waals surface area contributed by atoms with Crippen LogP contribution in [0.15, 0.2) is 47.1 Å². The number of hydrogen-bond donors (Lipinski definition) is 4. The first kappa shape index (κ1) is 49.3. The Bertz CT molecular complexity index is 1780. The second-order valence-electron chi connectivity index (χ2n) is 20.5. The molecule has 5 saturated heterocycles. The number of methoxy groups -OCH3 is 2.